The molecule has 21 heavy (non-hydrogen) atoms. The van der Waals surface area contributed by atoms with Gasteiger partial charge in [-0.1, -0.05) is 29.8 Å². The zero-order valence-corrected chi connectivity index (χ0v) is 12.1. The number of nitrogens with zero attached hydrogens (tertiary/aromatic N) is 3. The van der Waals surface area contributed by atoms with Gasteiger partial charge in [0.15, 0.2) is 5.15 Å². The van der Waals surface area contributed by atoms with E-state index in [1.54, 1.807) is 0 Å². The summed E-state index contributed by atoms with van der Waals surface area (Å²) in [4.78, 5) is 20.5. The van der Waals surface area contributed by atoms with E-state index in [0.717, 1.165) is 22.2 Å². The minimum Gasteiger partial charge on any atom is -0.392 e. The molecule has 2 heterocycles. The number of aromatic nitrogens is 3. The first-order valence-electron chi connectivity index (χ1n) is 6.42. The third kappa shape index (κ3) is 2.48. The zero-order chi connectivity index (χ0) is 15.0. The van der Waals surface area contributed by atoms with E-state index in [4.69, 9.17) is 17.3 Å². The molecular weight excluding hydrogens is 288 g/mol. The second-order valence-corrected chi connectivity index (χ2v) is 5.18. The molecule has 0 fully saturated rings. The van der Waals surface area contributed by atoms with Gasteiger partial charge in [0.1, 0.15) is 5.69 Å². The number of halogens is 1. The van der Waals surface area contributed by atoms with Gasteiger partial charge in [-0.25, -0.2) is 4.98 Å². The number of fused-ring (bicyclic) bond motifs is 1. The molecule has 6 heteroatoms. The SMILES string of the molecule is Cc1cc(Cn2cnc(Cl)c(N)c2=O)c2ccccc2n1. The fourth-order valence-electron chi connectivity index (χ4n) is 2.31. The number of nitrogens with two attached hydrogens (primary N) is 1. The molecule has 0 saturated heterocycles. The summed E-state index contributed by atoms with van der Waals surface area (Å²) in [6.07, 6.45) is 1.41. The number of hydrogen-bond donors (Lipinski definition) is 1. The predicted octanol–water partition coefficient (Wildman–Crippen LogP) is 2.38. The Morgan fingerprint density at radius 3 is 2.90 bits per heavy atom. The van der Waals surface area contributed by atoms with Gasteiger partial charge in [0.25, 0.3) is 5.56 Å². The van der Waals surface area contributed by atoms with Crippen molar-refractivity contribution in [3.8, 4) is 0 Å². The van der Waals surface area contributed by atoms with Gasteiger partial charge in [0.05, 0.1) is 18.4 Å². The molecule has 2 N–H and O–H groups in total. The molecule has 106 valence electrons. The highest BCUT2D eigenvalue weighted by Crippen LogP contribution is 2.19. The molecule has 2 aromatic heterocycles. The van der Waals surface area contributed by atoms with Crippen molar-refractivity contribution in [1.82, 2.24) is 14.5 Å². The number of aryl methyl sites for hydroxylation is 1. The van der Waals surface area contributed by atoms with E-state index >= 15 is 0 Å². The summed E-state index contributed by atoms with van der Waals surface area (Å²) in [6, 6.07) is 9.77. The van der Waals surface area contributed by atoms with Crippen LogP contribution in [0, 0.1) is 6.92 Å². The average Bonchev–Trinajstić information content (AvgIpc) is 2.47. The summed E-state index contributed by atoms with van der Waals surface area (Å²) in [5.74, 6) is 0. The summed E-state index contributed by atoms with van der Waals surface area (Å²) >= 11 is 5.75. The van der Waals surface area contributed by atoms with Gasteiger partial charge in [-0.2, -0.15) is 0 Å². The molecule has 3 rings (SSSR count). The van der Waals surface area contributed by atoms with Crippen LogP contribution < -0.4 is 11.3 Å². The lowest BCUT2D eigenvalue weighted by Crippen LogP contribution is -2.24. The molecule has 5 nitrogen and oxygen atoms in total. The van der Waals surface area contributed by atoms with Crippen LogP contribution in [0.2, 0.25) is 5.15 Å². The van der Waals surface area contributed by atoms with Crippen LogP contribution in [-0.2, 0) is 6.54 Å². The molecule has 0 radical (unpaired) electrons. The van der Waals surface area contributed by atoms with E-state index < -0.39 is 0 Å². The van der Waals surface area contributed by atoms with Crippen molar-refractivity contribution < 1.29 is 0 Å². The number of nitrogen functional groups attached to an aromatic ring is 1. The second kappa shape index (κ2) is 5.18. The van der Waals surface area contributed by atoms with Crippen LogP contribution in [0.25, 0.3) is 10.9 Å². The fourth-order valence-corrected chi connectivity index (χ4v) is 2.43. The minimum atomic E-state index is -0.339. The lowest BCUT2D eigenvalue weighted by molar-refractivity contribution is 0.742. The molecule has 0 atom stereocenters. The van der Waals surface area contributed by atoms with Crippen molar-refractivity contribution in [2.24, 2.45) is 0 Å². The molecule has 0 saturated carbocycles. The lowest BCUT2D eigenvalue weighted by Gasteiger charge is -2.10. The van der Waals surface area contributed by atoms with E-state index in [0.29, 0.717) is 6.54 Å². The van der Waals surface area contributed by atoms with Crippen LogP contribution in [0.1, 0.15) is 11.3 Å². The molecule has 3 aromatic rings. The van der Waals surface area contributed by atoms with E-state index in [1.807, 2.05) is 37.3 Å². The Balaban J connectivity index is 2.15. The Hall–Kier alpha value is -2.40. The molecule has 0 amide bonds. The van der Waals surface area contributed by atoms with Gasteiger partial charge in [0.2, 0.25) is 0 Å². The quantitative estimate of drug-likeness (QED) is 0.737. The van der Waals surface area contributed by atoms with E-state index in [9.17, 15) is 4.79 Å². The third-order valence-electron chi connectivity index (χ3n) is 3.29. The standard InChI is InChI=1S/C15H13ClN4O/c1-9-6-10(11-4-2-3-5-12(11)19-9)7-20-8-18-14(16)13(17)15(20)21/h2-6,8H,7,17H2,1H3. The van der Waals surface area contributed by atoms with Gasteiger partial charge in [-0.3, -0.25) is 14.3 Å². The second-order valence-electron chi connectivity index (χ2n) is 4.82. The van der Waals surface area contributed by atoms with Crippen LogP contribution in [0.5, 0.6) is 0 Å². The number of hydrogen-bond acceptors (Lipinski definition) is 4. The molecular formula is C15H13ClN4O. The van der Waals surface area contributed by atoms with Crippen LogP contribution in [0.4, 0.5) is 5.69 Å². The normalized spacial score (nSPS) is 11.0. The van der Waals surface area contributed by atoms with E-state index in [2.05, 4.69) is 9.97 Å². The summed E-state index contributed by atoms with van der Waals surface area (Å²) in [6.45, 7) is 2.30. The maximum absolute atomic E-state index is 12.1. The van der Waals surface area contributed by atoms with Crippen LogP contribution >= 0.6 is 11.6 Å². The third-order valence-corrected chi connectivity index (χ3v) is 3.60. The number of benzene rings is 1. The number of para-hydroxylation sites is 1. The Labute approximate surface area is 126 Å². The monoisotopic (exact) mass is 300 g/mol. The van der Waals surface area contributed by atoms with E-state index in [1.165, 1.54) is 10.9 Å². The first-order valence-corrected chi connectivity index (χ1v) is 6.80. The Morgan fingerprint density at radius 2 is 2.10 bits per heavy atom. The minimum absolute atomic E-state index is 0.0331. The zero-order valence-electron chi connectivity index (χ0n) is 11.4. The molecule has 0 aliphatic rings. The summed E-state index contributed by atoms with van der Waals surface area (Å²) in [7, 11) is 0. The molecule has 0 bridgehead atoms. The van der Waals surface area contributed by atoms with Crippen LogP contribution in [-0.4, -0.2) is 14.5 Å². The molecule has 0 spiro atoms. The topological polar surface area (TPSA) is 73.8 Å². The molecule has 1 aromatic carbocycles. The molecule has 0 unspecified atom stereocenters. The van der Waals surface area contributed by atoms with Gasteiger partial charge in [-0.05, 0) is 24.6 Å². The maximum atomic E-state index is 12.1. The number of pyridine rings is 1. The van der Waals surface area contributed by atoms with Crippen molar-refractivity contribution in [2.45, 2.75) is 13.5 Å². The van der Waals surface area contributed by atoms with Crippen molar-refractivity contribution in [3.05, 3.63) is 63.4 Å². The van der Waals surface area contributed by atoms with Crippen LogP contribution in [0.3, 0.4) is 0 Å². The number of rotatable bonds is 2. The highest BCUT2D eigenvalue weighted by atomic mass is 35.5. The predicted molar refractivity (Wildman–Crippen MR) is 83.5 cm³/mol. The van der Waals surface area contributed by atoms with Crippen LogP contribution in [0.15, 0.2) is 41.5 Å². The largest absolute Gasteiger partial charge is 0.392 e. The lowest BCUT2D eigenvalue weighted by atomic mass is 10.1. The summed E-state index contributed by atoms with van der Waals surface area (Å²) in [5.41, 5.74) is 8.05. The Kier molecular flexibility index (Phi) is 3.35. The summed E-state index contributed by atoms with van der Waals surface area (Å²) < 4.78 is 1.45. The van der Waals surface area contributed by atoms with Crippen molar-refractivity contribution in [3.63, 3.8) is 0 Å². The smallest absolute Gasteiger partial charge is 0.278 e. The van der Waals surface area contributed by atoms with Crippen molar-refractivity contribution >= 4 is 28.2 Å². The molecule has 0 aliphatic heterocycles. The Morgan fingerprint density at radius 1 is 1.33 bits per heavy atom. The highest BCUT2D eigenvalue weighted by molar-refractivity contribution is 6.31. The number of anilines is 1. The maximum Gasteiger partial charge on any atom is 0.278 e. The molecule has 0 aliphatic carbocycles. The first-order chi connectivity index (χ1) is 10.1. The van der Waals surface area contributed by atoms with Crippen molar-refractivity contribution in [2.75, 3.05) is 5.73 Å². The average molecular weight is 301 g/mol. The summed E-state index contributed by atoms with van der Waals surface area (Å²) in [5, 5.41) is 1.04. The van der Waals surface area contributed by atoms with E-state index in [-0.39, 0.29) is 16.4 Å². The fraction of sp³-hybridized carbons (Fsp3) is 0.133. The Bertz CT molecular complexity index is 888. The van der Waals surface area contributed by atoms with Crippen molar-refractivity contribution in [1.29, 1.82) is 0 Å². The van der Waals surface area contributed by atoms with Gasteiger partial charge in [0, 0.05) is 11.1 Å². The van der Waals surface area contributed by atoms with Gasteiger partial charge < -0.3 is 5.73 Å². The van der Waals surface area contributed by atoms with Gasteiger partial charge in [-0.15, -0.1) is 0 Å². The highest BCUT2D eigenvalue weighted by Gasteiger charge is 2.09. The van der Waals surface area contributed by atoms with Gasteiger partial charge >= 0.3 is 0 Å². The first kappa shape index (κ1) is 13.6.